The Bertz CT molecular complexity index is 491. The number of aryl methyl sites for hydroxylation is 2. The van der Waals surface area contributed by atoms with Gasteiger partial charge in [-0.1, -0.05) is 6.07 Å². The van der Waals surface area contributed by atoms with Gasteiger partial charge >= 0.3 is 0 Å². The average Bonchev–Trinajstić information content (AvgIpc) is 2.66. The molecule has 0 bridgehead atoms. The molecule has 84 valence electrons. The second-order valence-electron chi connectivity index (χ2n) is 3.79. The normalized spacial score (nSPS) is 10.4. The molecule has 1 aromatic heterocycles. The van der Waals surface area contributed by atoms with Gasteiger partial charge in [-0.15, -0.1) is 0 Å². The number of anilines is 1. The summed E-state index contributed by atoms with van der Waals surface area (Å²) in [6, 6.07) is 6.25. The van der Waals surface area contributed by atoms with E-state index in [2.05, 4.69) is 51.4 Å². The number of hydrogen-bond acceptors (Lipinski definition) is 2. The van der Waals surface area contributed by atoms with Crippen molar-refractivity contribution in [2.24, 2.45) is 7.05 Å². The fraction of sp³-hybridized carbons (Fsp3) is 0.250. The van der Waals surface area contributed by atoms with Crippen molar-refractivity contribution in [1.82, 2.24) is 9.55 Å². The lowest BCUT2D eigenvalue weighted by Gasteiger charge is -2.09. The van der Waals surface area contributed by atoms with E-state index in [0.29, 0.717) is 0 Å². The smallest absolute Gasteiger partial charge is 0.127 e. The Kier molecular flexibility index (Phi) is 3.29. The number of hydrogen-bond donors (Lipinski definition) is 1. The van der Waals surface area contributed by atoms with E-state index < -0.39 is 0 Å². The van der Waals surface area contributed by atoms with E-state index in [1.807, 2.05) is 24.0 Å². The summed E-state index contributed by atoms with van der Waals surface area (Å²) in [4.78, 5) is 4.27. The van der Waals surface area contributed by atoms with Crippen molar-refractivity contribution in [2.45, 2.75) is 13.5 Å². The molecule has 4 heteroatoms. The van der Waals surface area contributed by atoms with Gasteiger partial charge in [0.25, 0.3) is 0 Å². The minimum Gasteiger partial charge on any atom is -0.377 e. The SMILES string of the molecule is Cc1ccc(Br)c(NCc2nccn2C)c1. The minimum atomic E-state index is 0.728. The van der Waals surface area contributed by atoms with Gasteiger partial charge in [-0.2, -0.15) is 0 Å². The largest absolute Gasteiger partial charge is 0.377 e. The Balaban J connectivity index is 2.10. The highest BCUT2D eigenvalue weighted by atomic mass is 79.9. The molecule has 0 radical (unpaired) electrons. The molecule has 0 fully saturated rings. The predicted molar refractivity (Wildman–Crippen MR) is 69.4 cm³/mol. The molecule has 0 atom stereocenters. The summed E-state index contributed by atoms with van der Waals surface area (Å²) in [5.74, 6) is 1.02. The van der Waals surface area contributed by atoms with Crippen LogP contribution in [0.5, 0.6) is 0 Å². The molecule has 16 heavy (non-hydrogen) atoms. The number of imidazole rings is 1. The van der Waals surface area contributed by atoms with Gasteiger partial charge in [0.1, 0.15) is 5.82 Å². The molecule has 0 aliphatic rings. The van der Waals surface area contributed by atoms with Crippen LogP contribution in [-0.4, -0.2) is 9.55 Å². The van der Waals surface area contributed by atoms with Crippen LogP contribution in [0.25, 0.3) is 0 Å². The van der Waals surface area contributed by atoms with E-state index >= 15 is 0 Å². The third-order valence-corrected chi connectivity index (χ3v) is 3.17. The van der Waals surface area contributed by atoms with Gasteiger partial charge < -0.3 is 9.88 Å². The van der Waals surface area contributed by atoms with E-state index in [1.54, 1.807) is 0 Å². The van der Waals surface area contributed by atoms with Crippen LogP contribution in [0.2, 0.25) is 0 Å². The van der Waals surface area contributed by atoms with E-state index in [0.717, 1.165) is 22.5 Å². The van der Waals surface area contributed by atoms with Crippen molar-refractivity contribution in [3.63, 3.8) is 0 Å². The van der Waals surface area contributed by atoms with Crippen LogP contribution in [0, 0.1) is 6.92 Å². The standard InChI is InChI=1S/C12H14BrN3/c1-9-3-4-10(13)11(7-9)15-8-12-14-5-6-16(12)2/h3-7,15H,8H2,1-2H3. The fourth-order valence-corrected chi connectivity index (χ4v) is 1.90. The van der Waals surface area contributed by atoms with Crippen molar-refractivity contribution in [2.75, 3.05) is 5.32 Å². The van der Waals surface area contributed by atoms with Crippen LogP contribution in [0.4, 0.5) is 5.69 Å². The zero-order chi connectivity index (χ0) is 11.5. The monoisotopic (exact) mass is 279 g/mol. The maximum atomic E-state index is 4.27. The first-order valence-corrected chi connectivity index (χ1v) is 5.92. The van der Waals surface area contributed by atoms with Gasteiger partial charge in [0, 0.05) is 29.6 Å². The molecule has 0 unspecified atom stereocenters. The van der Waals surface area contributed by atoms with Crippen LogP contribution in [-0.2, 0) is 13.6 Å². The molecule has 0 saturated heterocycles. The maximum absolute atomic E-state index is 4.27. The van der Waals surface area contributed by atoms with Crippen molar-refractivity contribution in [3.8, 4) is 0 Å². The van der Waals surface area contributed by atoms with E-state index in [9.17, 15) is 0 Å². The molecule has 0 spiro atoms. The number of aromatic nitrogens is 2. The summed E-state index contributed by atoms with van der Waals surface area (Å²) < 4.78 is 3.09. The summed E-state index contributed by atoms with van der Waals surface area (Å²) >= 11 is 3.52. The predicted octanol–water partition coefficient (Wildman–Crippen LogP) is 3.10. The molecule has 0 aliphatic carbocycles. The van der Waals surface area contributed by atoms with Crippen molar-refractivity contribution in [3.05, 3.63) is 46.5 Å². The molecule has 1 N–H and O–H groups in total. The van der Waals surface area contributed by atoms with Gasteiger partial charge in [0.05, 0.1) is 6.54 Å². The van der Waals surface area contributed by atoms with Crippen molar-refractivity contribution < 1.29 is 0 Å². The van der Waals surface area contributed by atoms with Gasteiger partial charge in [0.2, 0.25) is 0 Å². The van der Waals surface area contributed by atoms with Gasteiger partial charge in [0.15, 0.2) is 0 Å². The third kappa shape index (κ3) is 2.44. The Morgan fingerprint density at radius 3 is 2.94 bits per heavy atom. The number of nitrogens with one attached hydrogen (secondary N) is 1. The number of nitrogens with zero attached hydrogens (tertiary/aromatic N) is 2. The molecular weight excluding hydrogens is 266 g/mol. The first-order valence-electron chi connectivity index (χ1n) is 5.13. The first kappa shape index (κ1) is 11.2. The second-order valence-corrected chi connectivity index (χ2v) is 4.65. The Morgan fingerprint density at radius 1 is 1.44 bits per heavy atom. The molecule has 0 saturated carbocycles. The van der Waals surface area contributed by atoms with Crippen LogP contribution < -0.4 is 5.32 Å². The molecule has 0 aliphatic heterocycles. The number of rotatable bonds is 3. The summed E-state index contributed by atoms with van der Waals surface area (Å²) in [6.45, 7) is 2.81. The maximum Gasteiger partial charge on any atom is 0.127 e. The van der Waals surface area contributed by atoms with Crippen LogP contribution in [0.3, 0.4) is 0 Å². The zero-order valence-electron chi connectivity index (χ0n) is 9.37. The van der Waals surface area contributed by atoms with Gasteiger partial charge in [-0.25, -0.2) is 4.98 Å². The molecule has 1 aromatic carbocycles. The van der Waals surface area contributed by atoms with Crippen LogP contribution in [0.1, 0.15) is 11.4 Å². The second kappa shape index (κ2) is 4.70. The lowest BCUT2D eigenvalue weighted by Crippen LogP contribution is -2.06. The molecule has 3 nitrogen and oxygen atoms in total. The third-order valence-electron chi connectivity index (χ3n) is 2.48. The number of halogens is 1. The van der Waals surface area contributed by atoms with Crippen molar-refractivity contribution in [1.29, 1.82) is 0 Å². The topological polar surface area (TPSA) is 29.9 Å². The van der Waals surface area contributed by atoms with E-state index in [1.165, 1.54) is 5.56 Å². The lowest BCUT2D eigenvalue weighted by atomic mass is 10.2. The van der Waals surface area contributed by atoms with E-state index in [-0.39, 0.29) is 0 Å². The zero-order valence-corrected chi connectivity index (χ0v) is 11.0. The summed E-state index contributed by atoms with van der Waals surface area (Å²) in [6.07, 6.45) is 3.75. The number of benzene rings is 1. The fourth-order valence-electron chi connectivity index (χ4n) is 1.52. The molecule has 1 heterocycles. The quantitative estimate of drug-likeness (QED) is 0.936. The van der Waals surface area contributed by atoms with E-state index in [4.69, 9.17) is 0 Å². The summed E-state index contributed by atoms with van der Waals surface area (Å²) in [5, 5.41) is 3.37. The molecular formula is C12H14BrN3. The Hall–Kier alpha value is -1.29. The van der Waals surface area contributed by atoms with Crippen LogP contribution >= 0.6 is 15.9 Å². The molecule has 2 rings (SSSR count). The lowest BCUT2D eigenvalue weighted by molar-refractivity contribution is 0.812. The average molecular weight is 280 g/mol. The van der Waals surface area contributed by atoms with Gasteiger partial charge in [-0.3, -0.25) is 0 Å². The Labute approximate surface area is 104 Å². The summed E-state index contributed by atoms with van der Waals surface area (Å²) in [5.41, 5.74) is 2.34. The Morgan fingerprint density at radius 2 is 2.25 bits per heavy atom. The minimum absolute atomic E-state index is 0.728. The highest BCUT2D eigenvalue weighted by molar-refractivity contribution is 9.10. The van der Waals surface area contributed by atoms with Crippen LogP contribution in [0.15, 0.2) is 35.1 Å². The summed E-state index contributed by atoms with van der Waals surface area (Å²) in [7, 11) is 2.00. The molecule has 2 aromatic rings. The molecule has 0 amide bonds. The highest BCUT2D eigenvalue weighted by Crippen LogP contribution is 2.23. The first-order chi connectivity index (χ1) is 7.66. The van der Waals surface area contributed by atoms with Crippen molar-refractivity contribution >= 4 is 21.6 Å². The highest BCUT2D eigenvalue weighted by Gasteiger charge is 2.02. The van der Waals surface area contributed by atoms with Gasteiger partial charge in [-0.05, 0) is 40.5 Å².